The number of nitrogens with zero attached hydrogens (tertiary/aromatic N) is 4. The van der Waals surface area contributed by atoms with E-state index >= 15 is 0 Å². The molecule has 3 heterocycles. The van der Waals surface area contributed by atoms with E-state index in [1.807, 2.05) is 52.6 Å². The summed E-state index contributed by atoms with van der Waals surface area (Å²) in [6.45, 7) is 5.47. The first-order valence-electron chi connectivity index (χ1n) is 13.7. The molecule has 6 heteroatoms. The summed E-state index contributed by atoms with van der Waals surface area (Å²) in [6, 6.07) is 10.0. The van der Waals surface area contributed by atoms with Gasteiger partial charge in [-0.25, -0.2) is 9.97 Å². The van der Waals surface area contributed by atoms with E-state index in [9.17, 15) is 4.79 Å². The van der Waals surface area contributed by atoms with Gasteiger partial charge in [0.2, 0.25) is 5.91 Å². The molecule has 3 aliphatic rings. The lowest BCUT2D eigenvalue weighted by atomic mass is 9.88. The van der Waals surface area contributed by atoms with Crippen LogP contribution in [0, 0.1) is 5.92 Å². The minimum Gasteiger partial charge on any atom is -0.352 e. The second kappa shape index (κ2) is 10.3. The smallest absolute Gasteiger partial charge is 0.246 e. The van der Waals surface area contributed by atoms with Gasteiger partial charge in [-0.3, -0.25) is 4.79 Å². The molecule has 36 heavy (non-hydrogen) atoms. The molecule has 1 saturated heterocycles. The number of aromatic nitrogens is 2. The Bertz CT molecular complexity index is 1250. The zero-order valence-corrected chi connectivity index (χ0v) is 22.1. The van der Waals surface area contributed by atoms with Crippen molar-refractivity contribution < 1.29 is 4.79 Å². The van der Waals surface area contributed by atoms with Gasteiger partial charge in [-0.2, -0.15) is 0 Å². The fraction of sp³-hybridized carbons (Fsp3) is 0.500. The van der Waals surface area contributed by atoms with E-state index in [4.69, 9.17) is 9.97 Å². The molecule has 1 aliphatic heterocycles. The van der Waals surface area contributed by atoms with Gasteiger partial charge in [-0.05, 0) is 55.2 Å². The highest BCUT2D eigenvalue weighted by molar-refractivity contribution is 7.19. The van der Waals surface area contributed by atoms with Crippen LogP contribution < -0.4 is 4.90 Å². The Morgan fingerprint density at radius 3 is 2.56 bits per heavy atom. The average molecular weight is 501 g/mol. The van der Waals surface area contributed by atoms with E-state index in [0.717, 1.165) is 55.7 Å². The van der Waals surface area contributed by atoms with Crippen LogP contribution in [-0.4, -0.2) is 47.0 Å². The van der Waals surface area contributed by atoms with Crippen molar-refractivity contribution in [2.24, 2.45) is 5.92 Å². The van der Waals surface area contributed by atoms with Crippen molar-refractivity contribution in [2.45, 2.75) is 64.2 Å². The van der Waals surface area contributed by atoms with Crippen LogP contribution in [-0.2, 0) is 17.6 Å². The first kappa shape index (κ1) is 23.7. The first-order valence-corrected chi connectivity index (χ1v) is 14.6. The minimum atomic E-state index is 0.0936. The van der Waals surface area contributed by atoms with E-state index < -0.39 is 0 Å². The van der Waals surface area contributed by atoms with Gasteiger partial charge in [0.15, 0.2) is 0 Å². The predicted octanol–water partition coefficient (Wildman–Crippen LogP) is 6.23. The normalized spacial score (nSPS) is 21.3. The van der Waals surface area contributed by atoms with E-state index in [2.05, 4.69) is 11.8 Å². The summed E-state index contributed by atoms with van der Waals surface area (Å²) in [6.07, 6.45) is 13.5. The maximum atomic E-state index is 12.9. The number of carbonyl (C=O) groups is 1. The zero-order valence-electron chi connectivity index (χ0n) is 21.3. The Labute approximate surface area is 218 Å². The molecule has 0 spiro atoms. The molecule has 1 saturated carbocycles. The van der Waals surface area contributed by atoms with Gasteiger partial charge in [-0.1, -0.05) is 56.5 Å². The molecule has 3 aromatic rings. The lowest BCUT2D eigenvalue weighted by Gasteiger charge is -2.36. The van der Waals surface area contributed by atoms with Gasteiger partial charge in [0.05, 0.1) is 5.39 Å². The van der Waals surface area contributed by atoms with Gasteiger partial charge >= 0.3 is 0 Å². The summed E-state index contributed by atoms with van der Waals surface area (Å²) < 4.78 is 0. The van der Waals surface area contributed by atoms with Crippen LogP contribution in [0.15, 0.2) is 36.4 Å². The molecule has 0 radical (unpaired) electrons. The maximum Gasteiger partial charge on any atom is 0.246 e. The number of amides is 1. The Balaban J connectivity index is 1.26. The van der Waals surface area contributed by atoms with Crippen LogP contribution in [0.4, 0.5) is 5.82 Å². The number of hydrogen-bond donors (Lipinski definition) is 0. The Morgan fingerprint density at radius 2 is 1.78 bits per heavy atom. The Kier molecular flexibility index (Phi) is 6.79. The van der Waals surface area contributed by atoms with Gasteiger partial charge in [0.1, 0.15) is 16.5 Å². The lowest BCUT2D eigenvalue weighted by molar-refractivity contribution is -0.126. The molecule has 1 atom stereocenters. The number of anilines is 1. The Morgan fingerprint density at radius 1 is 1.00 bits per heavy atom. The summed E-state index contributed by atoms with van der Waals surface area (Å²) in [5, 5.41) is 1.31. The topological polar surface area (TPSA) is 49.3 Å². The SMILES string of the molecule is CC1CCc2c(sc3nc(C4CCCCC4)nc(N4CCN(C(=O)/C=C/c5ccccc5)CC4)c23)C1. The standard InChI is InChI=1S/C30H36N4OS/c1-21-12-14-24-25(20-21)36-30-27(24)29(31-28(32-30)23-10-6-3-7-11-23)34-18-16-33(17-19-34)26(35)15-13-22-8-4-2-5-9-22/h2,4-5,8-9,13,15,21,23H,3,6-7,10-12,14,16-20H2,1H3/b15-13+. The largest absolute Gasteiger partial charge is 0.352 e. The van der Waals surface area contributed by atoms with Crippen molar-refractivity contribution >= 4 is 39.4 Å². The summed E-state index contributed by atoms with van der Waals surface area (Å²) in [4.78, 5) is 30.5. The van der Waals surface area contributed by atoms with Crippen molar-refractivity contribution in [3.05, 3.63) is 58.2 Å². The van der Waals surface area contributed by atoms with Crippen molar-refractivity contribution in [2.75, 3.05) is 31.1 Å². The summed E-state index contributed by atoms with van der Waals surface area (Å²) in [5.74, 6) is 3.54. The van der Waals surface area contributed by atoms with Gasteiger partial charge < -0.3 is 9.80 Å². The Hall–Kier alpha value is -2.73. The van der Waals surface area contributed by atoms with Crippen LogP contribution in [0.2, 0.25) is 0 Å². The van der Waals surface area contributed by atoms with Crippen molar-refractivity contribution in [1.29, 1.82) is 0 Å². The van der Waals surface area contributed by atoms with Crippen LogP contribution in [0.25, 0.3) is 16.3 Å². The van der Waals surface area contributed by atoms with Gasteiger partial charge in [-0.15, -0.1) is 11.3 Å². The molecule has 1 unspecified atom stereocenters. The molecular weight excluding hydrogens is 464 g/mol. The number of thiophene rings is 1. The number of fused-ring (bicyclic) bond motifs is 3. The average Bonchev–Trinajstić information content (AvgIpc) is 3.30. The third-order valence-electron chi connectivity index (χ3n) is 8.23. The summed E-state index contributed by atoms with van der Waals surface area (Å²) in [7, 11) is 0. The number of aryl methyl sites for hydroxylation is 1. The molecule has 188 valence electrons. The lowest BCUT2D eigenvalue weighted by Crippen LogP contribution is -2.48. The summed E-state index contributed by atoms with van der Waals surface area (Å²) >= 11 is 1.92. The molecule has 6 rings (SSSR count). The third kappa shape index (κ3) is 4.80. The van der Waals surface area contributed by atoms with E-state index in [0.29, 0.717) is 5.92 Å². The van der Waals surface area contributed by atoms with Crippen molar-refractivity contribution in [1.82, 2.24) is 14.9 Å². The molecule has 2 fully saturated rings. The monoisotopic (exact) mass is 500 g/mol. The number of carbonyl (C=O) groups excluding carboxylic acids is 1. The molecule has 5 nitrogen and oxygen atoms in total. The predicted molar refractivity (Wildman–Crippen MR) is 149 cm³/mol. The second-order valence-corrected chi connectivity index (χ2v) is 11.9. The van der Waals surface area contributed by atoms with Gasteiger partial charge in [0, 0.05) is 43.1 Å². The van der Waals surface area contributed by atoms with E-state index in [-0.39, 0.29) is 5.91 Å². The van der Waals surface area contributed by atoms with Crippen molar-refractivity contribution in [3.8, 4) is 0 Å². The van der Waals surface area contributed by atoms with E-state index in [1.54, 1.807) is 6.08 Å². The molecular formula is C30H36N4OS. The minimum absolute atomic E-state index is 0.0936. The number of hydrogen-bond acceptors (Lipinski definition) is 5. The van der Waals surface area contributed by atoms with Crippen LogP contribution >= 0.6 is 11.3 Å². The van der Waals surface area contributed by atoms with Crippen LogP contribution in [0.5, 0.6) is 0 Å². The fourth-order valence-electron chi connectivity index (χ4n) is 6.09. The van der Waals surface area contributed by atoms with Crippen LogP contribution in [0.1, 0.15) is 73.2 Å². The van der Waals surface area contributed by atoms with Crippen LogP contribution in [0.3, 0.4) is 0 Å². The molecule has 1 aromatic carbocycles. The third-order valence-corrected chi connectivity index (χ3v) is 9.38. The van der Waals surface area contributed by atoms with E-state index in [1.165, 1.54) is 65.6 Å². The highest BCUT2D eigenvalue weighted by Gasteiger charge is 2.30. The molecule has 2 aliphatic carbocycles. The zero-order chi connectivity index (χ0) is 24.5. The highest BCUT2D eigenvalue weighted by Crippen LogP contribution is 2.43. The quantitative estimate of drug-likeness (QED) is 0.399. The second-order valence-electron chi connectivity index (χ2n) is 10.8. The fourth-order valence-corrected chi connectivity index (χ4v) is 7.47. The molecule has 0 bridgehead atoms. The molecule has 0 N–H and O–H groups in total. The maximum absolute atomic E-state index is 12.9. The number of rotatable bonds is 4. The molecule has 1 amide bonds. The highest BCUT2D eigenvalue weighted by atomic mass is 32.1. The first-order chi connectivity index (χ1) is 17.7. The number of piperazine rings is 1. The molecule has 2 aromatic heterocycles. The summed E-state index contributed by atoms with van der Waals surface area (Å²) in [5.41, 5.74) is 2.56. The van der Waals surface area contributed by atoms with Gasteiger partial charge in [0.25, 0.3) is 0 Å². The van der Waals surface area contributed by atoms with Crippen molar-refractivity contribution in [3.63, 3.8) is 0 Å². The number of benzene rings is 1.